The molecule has 0 amide bonds. The molecule has 0 saturated carbocycles. The molecule has 0 radical (unpaired) electrons. The van der Waals surface area contributed by atoms with Crippen LogP contribution in [-0.2, 0) is 0 Å². The molecule has 104 valence electrons. The average Bonchev–Trinajstić information content (AvgIpc) is 2.48. The molecule has 0 atom stereocenters. The number of Topliss-reactive ketones (excluding diaryl/α,β-unsaturated/α-hetero) is 1. The highest BCUT2D eigenvalue weighted by atomic mass is 16.1. The second-order valence-corrected chi connectivity index (χ2v) is 5.09. The number of benzene rings is 1. The lowest BCUT2D eigenvalue weighted by Gasteiger charge is -2.14. The maximum atomic E-state index is 12.0. The van der Waals surface area contributed by atoms with Crippen molar-refractivity contribution >= 4 is 17.2 Å². The van der Waals surface area contributed by atoms with Gasteiger partial charge in [0.1, 0.15) is 5.69 Å². The second kappa shape index (κ2) is 4.98. The van der Waals surface area contributed by atoms with E-state index in [4.69, 9.17) is 5.73 Å². The number of aryl methyl sites for hydroxylation is 2. The van der Waals surface area contributed by atoms with Gasteiger partial charge < -0.3 is 5.73 Å². The zero-order valence-corrected chi connectivity index (χ0v) is 11.9. The highest BCUT2D eigenvalue weighted by Crippen LogP contribution is 2.22. The van der Waals surface area contributed by atoms with Crippen LogP contribution in [0.2, 0.25) is 0 Å². The molecular formula is C17H15N3O. The molecule has 1 aliphatic rings. The summed E-state index contributed by atoms with van der Waals surface area (Å²) in [7, 11) is 0. The third kappa shape index (κ3) is 2.36. The van der Waals surface area contributed by atoms with Gasteiger partial charge in [0.25, 0.3) is 0 Å². The molecule has 1 heterocycles. The third-order valence-corrected chi connectivity index (χ3v) is 3.59. The lowest BCUT2D eigenvalue weighted by Crippen LogP contribution is -2.23. The number of rotatable bonds is 1. The van der Waals surface area contributed by atoms with Crippen LogP contribution in [0.25, 0.3) is 0 Å². The quantitative estimate of drug-likeness (QED) is 0.871. The van der Waals surface area contributed by atoms with Crippen LogP contribution in [0, 0.1) is 13.8 Å². The van der Waals surface area contributed by atoms with Gasteiger partial charge in [-0.05, 0) is 55.3 Å². The van der Waals surface area contributed by atoms with Crippen LogP contribution in [0.4, 0.5) is 5.69 Å². The van der Waals surface area contributed by atoms with Gasteiger partial charge in [0.2, 0.25) is 5.78 Å². The second-order valence-electron chi connectivity index (χ2n) is 5.09. The molecule has 0 bridgehead atoms. The van der Waals surface area contributed by atoms with Gasteiger partial charge in [-0.1, -0.05) is 6.07 Å². The highest BCUT2D eigenvalue weighted by molar-refractivity contribution is 6.25. The molecule has 0 fully saturated rings. The van der Waals surface area contributed by atoms with Gasteiger partial charge >= 0.3 is 0 Å². The number of ketones is 1. The van der Waals surface area contributed by atoms with Gasteiger partial charge in [0.05, 0.1) is 17.1 Å². The van der Waals surface area contributed by atoms with Crippen molar-refractivity contribution in [2.75, 3.05) is 0 Å². The van der Waals surface area contributed by atoms with Crippen LogP contribution in [-0.4, -0.2) is 16.5 Å². The number of fused-ring (bicyclic) bond motifs is 1. The Bertz CT molecular complexity index is 803. The summed E-state index contributed by atoms with van der Waals surface area (Å²) in [6.07, 6.45) is 3.20. The van der Waals surface area contributed by atoms with E-state index in [1.807, 2.05) is 31.2 Å². The van der Waals surface area contributed by atoms with Crippen molar-refractivity contribution < 1.29 is 4.79 Å². The Morgan fingerprint density at radius 2 is 1.95 bits per heavy atom. The molecule has 1 aromatic heterocycles. The summed E-state index contributed by atoms with van der Waals surface area (Å²) in [4.78, 5) is 20.7. The van der Waals surface area contributed by atoms with Crippen molar-refractivity contribution in [1.82, 2.24) is 4.98 Å². The van der Waals surface area contributed by atoms with Gasteiger partial charge in [-0.15, -0.1) is 0 Å². The third-order valence-electron chi connectivity index (χ3n) is 3.59. The van der Waals surface area contributed by atoms with Crippen molar-refractivity contribution in [3.05, 3.63) is 70.7 Å². The lowest BCUT2D eigenvalue weighted by atomic mass is 9.97. The number of aromatic nitrogens is 1. The van der Waals surface area contributed by atoms with Crippen molar-refractivity contribution in [2.24, 2.45) is 10.7 Å². The number of carbonyl (C=O) groups excluding carboxylic acids is 1. The Balaban J connectivity index is 2.15. The molecule has 2 N–H and O–H groups in total. The summed E-state index contributed by atoms with van der Waals surface area (Å²) in [6.45, 7) is 4.10. The minimum atomic E-state index is -0.246. The fraction of sp³-hybridized carbons (Fsp3) is 0.118. The molecule has 1 aliphatic carbocycles. The zero-order valence-electron chi connectivity index (χ0n) is 11.9. The number of hydrogen-bond donors (Lipinski definition) is 1. The number of nitrogens with zero attached hydrogens (tertiary/aromatic N) is 2. The smallest absolute Gasteiger partial charge is 0.227 e. The van der Waals surface area contributed by atoms with Crippen LogP contribution in [0.3, 0.4) is 0 Å². The van der Waals surface area contributed by atoms with E-state index in [1.54, 1.807) is 18.3 Å². The van der Waals surface area contributed by atoms with E-state index < -0.39 is 0 Å². The van der Waals surface area contributed by atoms with E-state index in [-0.39, 0.29) is 11.5 Å². The largest absolute Gasteiger partial charge is 0.395 e. The Morgan fingerprint density at radius 3 is 2.71 bits per heavy atom. The highest BCUT2D eigenvalue weighted by Gasteiger charge is 2.23. The molecule has 0 unspecified atom stereocenters. The maximum absolute atomic E-state index is 12.0. The van der Waals surface area contributed by atoms with E-state index >= 15 is 0 Å². The van der Waals surface area contributed by atoms with Crippen LogP contribution < -0.4 is 5.73 Å². The number of carbonyl (C=O) groups is 1. The first-order valence-electron chi connectivity index (χ1n) is 6.69. The molecule has 3 rings (SSSR count). The van der Waals surface area contributed by atoms with Crippen LogP contribution >= 0.6 is 0 Å². The molecule has 0 aliphatic heterocycles. The lowest BCUT2D eigenvalue weighted by molar-refractivity contribution is 0.102. The zero-order chi connectivity index (χ0) is 15.0. The van der Waals surface area contributed by atoms with Gasteiger partial charge in [-0.3, -0.25) is 9.78 Å². The van der Waals surface area contributed by atoms with Gasteiger partial charge in [-0.25, -0.2) is 4.99 Å². The topological polar surface area (TPSA) is 68.3 Å². The molecule has 4 nitrogen and oxygen atoms in total. The first kappa shape index (κ1) is 13.2. The van der Waals surface area contributed by atoms with Crippen LogP contribution in [0.15, 0.2) is 53.3 Å². The van der Waals surface area contributed by atoms with E-state index in [0.29, 0.717) is 11.4 Å². The number of nitrogens with two attached hydrogens (primary N) is 1. The SMILES string of the molecule is Cc1ccc(N=C2C=C(N)C(=O)c3ncccc32)cc1C. The monoisotopic (exact) mass is 277 g/mol. The van der Waals surface area contributed by atoms with E-state index in [0.717, 1.165) is 11.3 Å². The molecular weight excluding hydrogens is 262 g/mol. The first-order chi connectivity index (χ1) is 10.1. The summed E-state index contributed by atoms with van der Waals surface area (Å²) >= 11 is 0. The molecule has 4 heteroatoms. The van der Waals surface area contributed by atoms with Crippen molar-refractivity contribution in [3.8, 4) is 0 Å². The number of hydrogen-bond acceptors (Lipinski definition) is 4. The van der Waals surface area contributed by atoms with E-state index in [2.05, 4.69) is 16.9 Å². The number of aliphatic imine (C=N–C) groups is 1. The summed E-state index contributed by atoms with van der Waals surface area (Å²) in [5.41, 5.74) is 10.9. The normalized spacial score (nSPS) is 15.8. The predicted octanol–water partition coefficient (Wildman–Crippen LogP) is 2.86. The molecule has 0 saturated heterocycles. The fourth-order valence-corrected chi connectivity index (χ4v) is 2.25. The predicted molar refractivity (Wildman–Crippen MR) is 83.0 cm³/mol. The Morgan fingerprint density at radius 1 is 1.14 bits per heavy atom. The summed E-state index contributed by atoms with van der Waals surface area (Å²) < 4.78 is 0. The Kier molecular flexibility index (Phi) is 3.14. The summed E-state index contributed by atoms with van der Waals surface area (Å²) in [5, 5.41) is 0. The first-order valence-corrected chi connectivity index (χ1v) is 6.69. The van der Waals surface area contributed by atoms with Gasteiger partial charge in [0, 0.05) is 11.8 Å². The number of allylic oxidation sites excluding steroid dienone is 2. The van der Waals surface area contributed by atoms with Crippen LogP contribution in [0.1, 0.15) is 27.2 Å². The standard InChI is InChI=1S/C17H15N3O/c1-10-5-6-12(8-11(10)2)20-15-9-14(18)17(21)16-13(15)4-3-7-19-16/h3-9H,18H2,1-2H3. The maximum Gasteiger partial charge on any atom is 0.227 e. The van der Waals surface area contributed by atoms with Crippen molar-refractivity contribution in [1.29, 1.82) is 0 Å². The van der Waals surface area contributed by atoms with Crippen LogP contribution in [0.5, 0.6) is 0 Å². The molecule has 1 aromatic carbocycles. The summed E-state index contributed by atoms with van der Waals surface area (Å²) in [6, 6.07) is 9.62. The molecule has 0 spiro atoms. The van der Waals surface area contributed by atoms with Crippen molar-refractivity contribution in [2.45, 2.75) is 13.8 Å². The van der Waals surface area contributed by atoms with E-state index in [9.17, 15) is 4.79 Å². The van der Waals surface area contributed by atoms with E-state index in [1.165, 1.54) is 11.1 Å². The Labute approximate surface area is 123 Å². The number of pyridine rings is 1. The molecule has 21 heavy (non-hydrogen) atoms. The Hall–Kier alpha value is -2.75. The minimum absolute atomic E-state index is 0.170. The summed E-state index contributed by atoms with van der Waals surface area (Å²) in [5.74, 6) is -0.246. The van der Waals surface area contributed by atoms with Gasteiger partial charge in [0.15, 0.2) is 0 Å². The fourth-order valence-electron chi connectivity index (χ4n) is 2.25. The van der Waals surface area contributed by atoms with Crippen molar-refractivity contribution in [3.63, 3.8) is 0 Å². The minimum Gasteiger partial charge on any atom is -0.395 e. The van der Waals surface area contributed by atoms with Gasteiger partial charge in [-0.2, -0.15) is 0 Å². The average molecular weight is 277 g/mol. The molecule has 2 aromatic rings.